The predicted octanol–water partition coefficient (Wildman–Crippen LogP) is 4.80. The monoisotopic (exact) mass is 379 g/mol. The number of benzene rings is 2. The molecule has 1 heterocycles. The molecular weight excluding hydrogens is 354 g/mol. The van der Waals surface area contributed by atoms with E-state index in [-0.39, 0.29) is 18.0 Å². The quantitative estimate of drug-likeness (QED) is 0.646. The smallest absolute Gasteiger partial charge is 0.319 e. The zero-order chi connectivity index (χ0) is 20.1. The van der Waals surface area contributed by atoms with Gasteiger partial charge in [-0.3, -0.25) is 4.79 Å². The largest absolute Gasteiger partial charge is 0.459 e. The summed E-state index contributed by atoms with van der Waals surface area (Å²) in [4.78, 5) is 26.4. The zero-order valence-corrected chi connectivity index (χ0v) is 16.4. The standard InChI is InChI=1S/C22H25N3O3/c1-4-25(5-2)21(26)16-10-12-18(13-11-16)24-22(27)23-15(3)20-14-17-8-6-7-9-19(17)28-20/h6-15H,4-5H2,1-3H3,(H2,23,24,27)/t15-/m1/s1. The summed E-state index contributed by atoms with van der Waals surface area (Å²) in [5.74, 6) is 0.677. The molecule has 2 N–H and O–H groups in total. The number of hydrogen-bond acceptors (Lipinski definition) is 3. The first-order valence-corrected chi connectivity index (χ1v) is 9.47. The molecule has 3 aromatic rings. The number of nitrogens with zero attached hydrogens (tertiary/aromatic N) is 1. The lowest BCUT2D eigenvalue weighted by Gasteiger charge is -2.18. The van der Waals surface area contributed by atoms with E-state index in [2.05, 4.69) is 10.6 Å². The molecule has 0 aliphatic rings. The highest BCUT2D eigenvalue weighted by Gasteiger charge is 2.15. The Labute approximate surface area is 164 Å². The Hall–Kier alpha value is -3.28. The predicted molar refractivity (Wildman–Crippen MR) is 110 cm³/mol. The van der Waals surface area contributed by atoms with E-state index in [9.17, 15) is 9.59 Å². The molecule has 28 heavy (non-hydrogen) atoms. The van der Waals surface area contributed by atoms with E-state index >= 15 is 0 Å². The second-order valence-electron chi connectivity index (χ2n) is 6.56. The van der Waals surface area contributed by atoms with Crippen LogP contribution in [0.25, 0.3) is 11.0 Å². The first-order valence-electron chi connectivity index (χ1n) is 9.47. The molecule has 1 atom stereocenters. The highest BCUT2D eigenvalue weighted by molar-refractivity contribution is 5.95. The van der Waals surface area contributed by atoms with Crippen LogP contribution in [0, 0.1) is 0 Å². The Balaban J connectivity index is 1.60. The van der Waals surface area contributed by atoms with Gasteiger partial charge in [-0.15, -0.1) is 0 Å². The summed E-state index contributed by atoms with van der Waals surface area (Å²) in [6, 6.07) is 15.9. The van der Waals surface area contributed by atoms with Crippen LogP contribution in [0.3, 0.4) is 0 Å². The summed E-state index contributed by atoms with van der Waals surface area (Å²) in [6.07, 6.45) is 0. The van der Waals surface area contributed by atoms with Gasteiger partial charge in [-0.05, 0) is 57.2 Å². The highest BCUT2D eigenvalue weighted by Crippen LogP contribution is 2.23. The summed E-state index contributed by atoms with van der Waals surface area (Å²) in [5.41, 5.74) is 2.01. The molecule has 0 unspecified atom stereocenters. The van der Waals surface area contributed by atoms with Gasteiger partial charge in [0.05, 0.1) is 6.04 Å². The molecular formula is C22H25N3O3. The third-order valence-corrected chi connectivity index (χ3v) is 4.66. The summed E-state index contributed by atoms with van der Waals surface area (Å²) in [6.45, 7) is 7.09. The third-order valence-electron chi connectivity index (χ3n) is 4.66. The average molecular weight is 379 g/mol. The molecule has 0 fully saturated rings. The van der Waals surface area contributed by atoms with Crippen LogP contribution in [-0.2, 0) is 0 Å². The Morgan fingerprint density at radius 1 is 1.04 bits per heavy atom. The second kappa shape index (κ2) is 8.61. The summed E-state index contributed by atoms with van der Waals surface area (Å²) < 4.78 is 5.78. The molecule has 3 rings (SSSR count). The van der Waals surface area contributed by atoms with Crippen LogP contribution in [0.4, 0.5) is 10.5 Å². The van der Waals surface area contributed by atoms with E-state index in [0.29, 0.717) is 30.1 Å². The minimum Gasteiger partial charge on any atom is -0.459 e. The number of anilines is 1. The van der Waals surface area contributed by atoms with Crippen molar-refractivity contribution in [3.05, 3.63) is 65.9 Å². The molecule has 0 aliphatic heterocycles. The van der Waals surface area contributed by atoms with Crippen LogP contribution in [0.2, 0.25) is 0 Å². The third kappa shape index (κ3) is 4.34. The highest BCUT2D eigenvalue weighted by atomic mass is 16.3. The molecule has 0 radical (unpaired) electrons. The normalized spacial score (nSPS) is 11.8. The van der Waals surface area contributed by atoms with Crippen molar-refractivity contribution >= 4 is 28.6 Å². The van der Waals surface area contributed by atoms with Gasteiger partial charge < -0.3 is 20.0 Å². The number of carbonyl (C=O) groups is 2. The number of hydrogen-bond donors (Lipinski definition) is 2. The van der Waals surface area contributed by atoms with Crippen molar-refractivity contribution in [2.45, 2.75) is 26.8 Å². The number of amides is 3. The minimum atomic E-state index is -0.337. The molecule has 0 bridgehead atoms. The van der Waals surface area contributed by atoms with Gasteiger partial charge in [-0.1, -0.05) is 18.2 Å². The van der Waals surface area contributed by atoms with E-state index in [1.54, 1.807) is 29.2 Å². The molecule has 1 aromatic heterocycles. The van der Waals surface area contributed by atoms with E-state index < -0.39 is 0 Å². The molecule has 0 spiro atoms. The van der Waals surface area contributed by atoms with Gasteiger partial charge in [0.2, 0.25) is 0 Å². The van der Waals surface area contributed by atoms with Crippen molar-refractivity contribution < 1.29 is 14.0 Å². The van der Waals surface area contributed by atoms with Crippen LogP contribution in [0.1, 0.15) is 42.9 Å². The van der Waals surface area contributed by atoms with Crippen LogP contribution < -0.4 is 10.6 Å². The lowest BCUT2D eigenvalue weighted by atomic mass is 10.2. The van der Waals surface area contributed by atoms with Crippen molar-refractivity contribution in [3.63, 3.8) is 0 Å². The lowest BCUT2D eigenvalue weighted by Crippen LogP contribution is -2.31. The SMILES string of the molecule is CCN(CC)C(=O)c1ccc(NC(=O)N[C@H](C)c2cc3ccccc3o2)cc1. The molecule has 6 nitrogen and oxygen atoms in total. The fraction of sp³-hybridized carbons (Fsp3) is 0.273. The Morgan fingerprint density at radius 3 is 2.36 bits per heavy atom. The van der Waals surface area contributed by atoms with Gasteiger partial charge >= 0.3 is 6.03 Å². The number of fused-ring (bicyclic) bond motifs is 1. The van der Waals surface area contributed by atoms with Crippen molar-refractivity contribution in [1.29, 1.82) is 0 Å². The molecule has 6 heteroatoms. The number of nitrogens with one attached hydrogen (secondary N) is 2. The van der Waals surface area contributed by atoms with Gasteiger partial charge in [0.15, 0.2) is 0 Å². The maximum Gasteiger partial charge on any atom is 0.319 e. The number of urea groups is 1. The molecule has 3 amide bonds. The molecule has 0 aliphatic carbocycles. The lowest BCUT2D eigenvalue weighted by molar-refractivity contribution is 0.0773. The van der Waals surface area contributed by atoms with E-state index in [4.69, 9.17) is 4.42 Å². The Kier molecular flexibility index (Phi) is 5.99. The topological polar surface area (TPSA) is 74.6 Å². The zero-order valence-electron chi connectivity index (χ0n) is 16.4. The average Bonchev–Trinajstić information content (AvgIpc) is 3.14. The number of para-hydroxylation sites is 1. The second-order valence-corrected chi connectivity index (χ2v) is 6.56. The fourth-order valence-corrected chi connectivity index (χ4v) is 3.04. The van der Waals surface area contributed by atoms with E-state index in [1.807, 2.05) is 51.1 Å². The number of furan rings is 1. The fourth-order valence-electron chi connectivity index (χ4n) is 3.04. The molecule has 146 valence electrons. The summed E-state index contributed by atoms with van der Waals surface area (Å²) >= 11 is 0. The van der Waals surface area contributed by atoms with Gasteiger partial charge in [0.1, 0.15) is 11.3 Å². The minimum absolute atomic E-state index is 0.0143. The van der Waals surface area contributed by atoms with Crippen LogP contribution in [0.5, 0.6) is 0 Å². The van der Waals surface area contributed by atoms with Crippen molar-refractivity contribution in [2.24, 2.45) is 0 Å². The van der Waals surface area contributed by atoms with Gasteiger partial charge in [0.25, 0.3) is 5.91 Å². The van der Waals surface area contributed by atoms with E-state index in [1.165, 1.54) is 0 Å². The van der Waals surface area contributed by atoms with Gasteiger partial charge in [0, 0.05) is 29.7 Å². The first-order chi connectivity index (χ1) is 13.5. The van der Waals surface area contributed by atoms with Crippen molar-refractivity contribution in [1.82, 2.24) is 10.2 Å². The van der Waals surface area contributed by atoms with Gasteiger partial charge in [-0.25, -0.2) is 4.79 Å². The Morgan fingerprint density at radius 2 is 1.71 bits per heavy atom. The molecule has 0 saturated carbocycles. The molecule has 2 aromatic carbocycles. The van der Waals surface area contributed by atoms with Crippen LogP contribution >= 0.6 is 0 Å². The van der Waals surface area contributed by atoms with Crippen LogP contribution in [0.15, 0.2) is 59.0 Å². The van der Waals surface area contributed by atoms with Crippen molar-refractivity contribution in [3.8, 4) is 0 Å². The van der Waals surface area contributed by atoms with E-state index in [0.717, 1.165) is 11.0 Å². The van der Waals surface area contributed by atoms with Gasteiger partial charge in [-0.2, -0.15) is 0 Å². The Bertz CT molecular complexity index is 926. The summed E-state index contributed by atoms with van der Waals surface area (Å²) in [5, 5.41) is 6.64. The maximum atomic E-state index is 12.3. The number of rotatable bonds is 6. The molecule has 0 saturated heterocycles. The van der Waals surface area contributed by atoms with Crippen LogP contribution in [-0.4, -0.2) is 29.9 Å². The summed E-state index contributed by atoms with van der Waals surface area (Å²) in [7, 11) is 0. The first kappa shape index (κ1) is 19.5. The number of carbonyl (C=O) groups excluding carboxylic acids is 2. The maximum absolute atomic E-state index is 12.3. The van der Waals surface area contributed by atoms with Crippen molar-refractivity contribution in [2.75, 3.05) is 18.4 Å².